The number of H-pyrrole nitrogens is 1. The van der Waals surface area contributed by atoms with E-state index >= 15 is 0 Å². The van der Waals surface area contributed by atoms with Crippen LogP contribution in [0, 0.1) is 12.7 Å². The number of alkyl halides is 1. The molecule has 4 N–H and O–H groups in total. The van der Waals surface area contributed by atoms with Crippen LogP contribution < -0.4 is 20.7 Å². The number of aromatic amines is 1. The number of aryl methyl sites for hydroxylation is 1. The van der Waals surface area contributed by atoms with Gasteiger partial charge >= 0.3 is 6.01 Å². The van der Waals surface area contributed by atoms with Crippen molar-refractivity contribution in [2.45, 2.75) is 25.4 Å². The third kappa shape index (κ3) is 3.88. The van der Waals surface area contributed by atoms with E-state index < -0.39 is 5.67 Å². The highest BCUT2D eigenvalue weighted by Crippen LogP contribution is 2.39. The van der Waals surface area contributed by atoms with Gasteiger partial charge in [0.2, 0.25) is 0 Å². The fourth-order valence-electron chi connectivity index (χ4n) is 4.16. The quantitative estimate of drug-likeness (QED) is 0.420. The maximum absolute atomic E-state index is 14.8. The molecule has 4 aromatic rings. The van der Waals surface area contributed by atoms with Crippen LogP contribution >= 0.6 is 0 Å². The van der Waals surface area contributed by atoms with Crippen LogP contribution in [0.4, 0.5) is 20.3 Å². The Morgan fingerprint density at radius 3 is 2.61 bits per heavy atom. The van der Waals surface area contributed by atoms with E-state index in [1.54, 1.807) is 14.0 Å². The van der Waals surface area contributed by atoms with E-state index in [0.717, 1.165) is 0 Å². The van der Waals surface area contributed by atoms with Crippen LogP contribution in [0.5, 0.6) is 11.8 Å². The number of ether oxygens (including phenoxy) is 1. The minimum Gasteiger partial charge on any atom is -0.421 e. The van der Waals surface area contributed by atoms with Gasteiger partial charge in [0, 0.05) is 44.9 Å². The van der Waals surface area contributed by atoms with Gasteiger partial charge in [-0.3, -0.25) is 0 Å². The van der Waals surface area contributed by atoms with Crippen LogP contribution in [0.25, 0.3) is 21.9 Å². The van der Waals surface area contributed by atoms with Crippen LogP contribution in [-0.4, -0.2) is 57.3 Å². The number of fused-ring (bicyclic) bond motifs is 3. The molecule has 0 spiro atoms. The highest BCUT2D eigenvalue weighted by atomic mass is 19.1. The summed E-state index contributed by atoms with van der Waals surface area (Å²) in [5.41, 5.74) is 6.01. The number of nitrogens with two attached hydrogens (primary N) is 1. The van der Waals surface area contributed by atoms with Gasteiger partial charge in [0.05, 0.1) is 29.0 Å². The summed E-state index contributed by atoms with van der Waals surface area (Å²) in [6, 6.07) is 2.93. The average Bonchev–Trinajstić information content (AvgIpc) is 3.18. The lowest BCUT2D eigenvalue weighted by Crippen LogP contribution is -2.46. The second-order valence-electron chi connectivity index (χ2n) is 8.21. The van der Waals surface area contributed by atoms with Crippen LogP contribution in [0.15, 0.2) is 24.5 Å². The third-order valence-corrected chi connectivity index (χ3v) is 6.05. The lowest BCUT2D eigenvalue weighted by atomic mass is 9.93. The largest absolute Gasteiger partial charge is 0.421 e. The molecule has 0 saturated carbocycles. The maximum atomic E-state index is 14.8. The van der Waals surface area contributed by atoms with Crippen LogP contribution in [0.1, 0.15) is 18.7 Å². The second kappa shape index (κ2) is 8.07. The number of halogens is 2. The smallest absolute Gasteiger partial charge is 0.326 e. The first-order valence-corrected chi connectivity index (χ1v) is 10.7. The predicted octanol–water partition coefficient (Wildman–Crippen LogP) is 3.45. The lowest BCUT2D eigenvalue weighted by Gasteiger charge is -2.36. The molecule has 0 bridgehead atoms. The molecule has 5 rings (SSSR count). The van der Waals surface area contributed by atoms with Crippen LogP contribution in [0.3, 0.4) is 0 Å². The van der Waals surface area contributed by atoms with Crippen LogP contribution in [0.2, 0.25) is 0 Å². The van der Waals surface area contributed by atoms with E-state index in [-0.39, 0.29) is 31.2 Å². The highest BCUT2D eigenvalue weighted by molar-refractivity contribution is 6.14. The molecule has 3 aromatic heterocycles. The Balaban J connectivity index is 1.66. The molecule has 0 aliphatic carbocycles. The number of hydrogen-bond acceptors (Lipinski definition) is 8. The van der Waals surface area contributed by atoms with Gasteiger partial charge in [-0.2, -0.15) is 9.97 Å². The Bertz CT molecular complexity index is 1320. The van der Waals surface area contributed by atoms with E-state index in [9.17, 15) is 8.78 Å². The first kappa shape index (κ1) is 21.3. The van der Waals surface area contributed by atoms with Gasteiger partial charge in [0.15, 0.2) is 5.75 Å². The first-order chi connectivity index (χ1) is 15.9. The van der Waals surface area contributed by atoms with E-state index in [4.69, 9.17) is 10.5 Å². The number of aromatic nitrogens is 5. The molecule has 172 valence electrons. The van der Waals surface area contributed by atoms with Crippen molar-refractivity contribution in [3.05, 3.63) is 36.2 Å². The maximum Gasteiger partial charge on any atom is 0.326 e. The summed E-state index contributed by atoms with van der Waals surface area (Å²) in [5, 5.41) is 4.28. The molecule has 1 aliphatic heterocycles. The van der Waals surface area contributed by atoms with Gasteiger partial charge < -0.3 is 25.7 Å². The van der Waals surface area contributed by atoms with E-state index in [1.165, 1.54) is 24.5 Å². The first-order valence-electron chi connectivity index (χ1n) is 10.7. The fourth-order valence-corrected chi connectivity index (χ4v) is 4.16. The SMILES string of the molecule is CNc1cc(F)cc2c1[nH]c1nc(Oc3cnc(C)nc3)nc(N3CCC(F)(CN)CC3)c12. The van der Waals surface area contributed by atoms with Crippen molar-refractivity contribution in [2.24, 2.45) is 5.73 Å². The summed E-state index contributed by atoms with van der Waals surface area (Å²) in [6.45, 7) is 2.57. The van der Waals surface area contributed by atoms with Gasteiger partial charge in [-0.25, -0.2) is 18.7 Å². The molecule has 9 nitrogen and oxygen atoms in total. The second-order valence-corrected chi connectivity index (χ2v) is 8.21. The molecule has 0 atom stereocenters. The standard InChI is InChI=1S/C22H24F2N8O/c1-12-27-9-14(10-28-12)33-21-30-19-17(15-7-13(23)8-16(26-2)18(15)29-19)20(31-21)32-5-3-22(24,11-25)4-6-32/h7-10,26H,3-6,11,25H2,1-2H3,(H,29,30,31). The molecular formula is C22H24F2N8O. The van der Waals surface area contributed by atoms with Crippen molar-refractivity contribution >= 4 is 33.4 Å². The number of piperidine rings is 1. The minimum atomic E-state index is -1.40. The van der Waals surface area contributed by atoms with Gasteiger partial charge in [-0.1, -0.05) is 0 Å². The van der Waals surface area contributed by atoms with E-state index in [0.29, 0.717) is 58.1 Å². The molecule has 0 unspecified atom stereocenters. The topological polar surface area (TPSA) is 118 Å². The zero-order valence-corrected chi connectivity index (χ0v) is 18.3. The molecule has 4 heterocycles. The Morgan fingerprint density at radius 2 is 1.94 bits per heavy atom. The summed E-state index contributed by atoms with van der Waals surface area (Å²) in [6.07, 6.45) is 3.62. The Hall–Kier alpha value is -3.60. The molecule has 1 saturated heterocycles. The average molecular weight is 454 g/mol. The Kier molecular flexibility index (Phi) is 5.20. The molecule has 1 aromatic carbocycles. The zero-order chi connectivity index (χ0) is 23.2. The Morgan fingerprint density at radius 1 is 1.21 bits per heavy atom. The number of nitrogens with zero attached hydrogens (tertiary/aromatic N) is 5. The molecular weight excluding hydrogens is 430 g/mol. The summed E-state index contributed by atoms with van der Waals surface area (Å²) in [4.78, 5) is 22.6. The number of nitrogens with one attached hydrogen (secondary N) is 2. The predicted molar refractivity (Wildman–Crippen MR) is 122 cm³/mol. The number of benzene rings is 1. The minimum absolute atomic E-state index is 0.0222. The molecule has 0 radical (unpaired) electrons. The summed E-state index contributed by atoms with van der Waals surface area (Å²) in [5.74, 6) is 1.15. The molecule has 1 fully saturated rings. The monoisotopic (exact) mass is 454 g/mol. The van der Waals surface area contributed by atoms with Gasteiger partial charge in [0.25, 0.3) is 0 Å². The number of rotatable bonds is 5. The molecule has 0 amide bonds. The summed E-state index contributed by atoms with van der Waals surface area (Å²) < 4.78 is 35.0. The summed E-state index contributed by atoms with van der Waals surface area (Å²) in [7, 11) is 1.72. The molecule has 11 heteroatoms. The zero-order valence-electron chi connectivity index (χ0n) is 18.3. The van der Waals surface area contributed by atoms with Gasteiger partial charge in [-0.15, -0.1) is 0 Å². The van der Waals surface area contributed by atoms with Crippen molar-refractivity contribution in [1.82, 2.24) is 24.9 Å². The van der Waals surface area contributed by atoms with Crippen molar-refractivity contribution in [2.75, 3.05) is 36.9 Å². The third-order valence-electron chi connectivity index (χ3n) is 6.05. The fraction of sp³-hybridized carbons (Fsp3) is 0.364. The van der Waals surface area contributed by atoms with Gasteiger partial charge in [0.1, 0.15) is 28.8 Å². The van der Waals surface area contributed by atoms with Crippen molar-refractivity contribution in [3.8, 4) is 11.8 Å². The summed E-state index contributed by atoms with van der Waals surface area (Å²) >= 11 is 0. The lowest BCUT2D eigenvalue weighted by molar-refractivity contribution is 0.135. The Labute approximate surface area is 188 Å². The molecule has 33 heavy (non-hydrogen) atoms. The van der Waals surface area contributed by atoms with Crippen molar-refractivity contribution in [1.29, 1.82) is 0 Å². The van der Waals surface area contributed by atoms with Crippen molar-refractivity contribution in [3.63, 3.8) is 0 Å². The van der Waals surface area contributed by atoms with Gasteiger partial charge in [-0.05, 0) is 19.1 Å². The number of anilines is 2. The van der Waals surface area contributed by atoms with Crippen LogP contribution in [-0.2, 0) is 0 Å². The van der Waals surface area contributed by atoms with Crippen molar-refractivity contribution < 1.29 is 13.5 Å². The molecule has 1 aliphatic rings. The highest BCUT2D eigenvalue weighted by Gasteiger charge is 2.34. The number of hydrogen-bond donors (Lipinski definition) is 3. The van der Waals surface area contributed by atoms with E-state index in [1.807, 2.05) is 4.90 Å². The van der Waals surface area contributed by atoms with E-state index in [2.05, 4.69) is 30.2 Å². The normalized spacial score (nSPS) is 15.8.